The summed E-state index contributed by atoms with van der Waals surface area (Å²) in [4.78, 5) is 6.51. The van der Waals surface area contributed by atoms with E-state index in [1.165, 1.54) is 0 Å². The average Bonchev–Trinajstić information content (AvgIpc) is 3.34. The molecular formula is C18H21N5O2S. The Bertz CT molecular complexity index is 800. The van der Waals surface area contributed by atoms with Gasteiger partial charge in [0.1, 0.15) is 5.76 Å². The van der Waals surface area contributed by atoms with Crippen molar-refractivity contribution < 1.29 is 9.15 Å². The molecule has 0 atom stereocenters. The van der Waals surface area contributed by atoms with Crippen LogP contribution in [0, 0.1) is 0 Å². The van der Waals surface area contributed by atoms with E-state index >= 15 is 0 Å². The Balaban J connectivity index is 1.50. The zero-order valence-electron chi connectivity index (χ0n) is 14.5. The molecule has 4 rings (SSSR count). The SMILES string of the molecule is c1coc(Cn2c(SCCN3CCOCC3)nnc2-c2ccncc2)c1. The van der Waals surface area contributed by atoms with Crippen LogP contribution in [0.15, 0.2) is 52.5 Å². The summed E-state index contributed by atoms with van der Waals surface area (Å²) in [5.41, 5.74) is 0.999. The van der Waals surface area contributed by atoms with Gasteiger partial charge in [-0.15, -0.1) is 10.2 Å². The molecule has 0 amide bonds. The van der Waals surface area contributed by atoms with Gasteiger partial charge in [-0.1, -0.05) is 11.8 Å². The molecule has 3 aromatic rings. The predicted octanol–water partition coefficient (Wildman–Crippen LogP) is 2.41. The van der Waals surface area contributed by atoms with Crippen LogP contribution in [0.3, 0.4) is 0 Å². The molecule has 7 nitrogen and oxygen atoms in total. The second kappa shape index (κ2) is 8.48. The molecule has 3 aromatic heterocycles. The summed E-state index contributed by atoms with van der Waals surface area (Å²) >= 11 is 1.73. The summed E-state index contributed by atoms with van der Waals surface area (Å²) in [6.07, 6.45) is 5.23. The highest BCUT2D eigenvalue weighted by atomic mass is 32.2. The number of nitrogens with zero attached hydrogens (tertiary/aromatic N) is 5. The molecule has 0 N–H and O–H groups in total. The van der Waals surface area contributed by atoms with E-state index in [1.54, 1.807) is 30.4 Å². The Hall–Kier alpha value is -2.16. The summed E-state index contributed by atoms with van der Waals surface area (Å²) in [6.45, 7) is 5.28. The van der Waals surface area contributed by atoms with Gasteiger partial charge in [0.05, 0.1) is 26.0 Å². The number of thioether (sulfide) groups is 1. The number of hydrogen-bond acceptors (Lipinski definition) is 7. The third-order valence-electron chi connectivity index (χ3n) is 4.29. The van der Waals surface area contributed by atoms with Gasteiger partial charge in [-0.05, 0) is 24.3 Å². The molecule has 1 saturated heterocycles. The van der Waals surface area contributed by atoms with Crippen LogP contribution < -0.4 is 0 Å². The number of pyridine rings is 1. The molecule has 1 aliphatic rings. The van der Waals surface area contributed by atoms with Crippen molar-refractivity contribution in [2.75, 3.05) is 38.6 Å². The van der Waals surface area contributed by atoms with Gasteiger partial charge in [-0.25, -0.2) is 0 Å². The third kappa shape index (κ3) is 4.14. The van der Waals surface area contributed by atoms with E-state index in [2.05, 4.69) is 24.6 Å². The van der Waals surface area contributed by atoms with Crippen molar-refractivity contribution in [3.05, 3.63) is 48.7 Å². The molecule has 0 aromatic carbocycles. The van der Waals surface area contributed by atoms with Gasteiger partial charge in [0.15, 0.2) is 11.0 Å². The molecule has 0 radical (unpaired) electrons. The van der Waals surface area contributed by atoms with Crippen LogP contribution in [0.1, 0.15) is 5.76 Å². The normalized spacial score (nSPS) is 15.4. The second-order valence-corrected chi connectivity index (χ2v) is 7.07. The highest BCUT2D eigenvalue weighted by molar-refractivity contribution is 7.99. The van der Waals surface area contributed by atoms with E-state index in [0.29, 0.717) is 6.54 Å². The number of morpholine rings is 1. The van der Waals surface area contributed by atoms with E-state index in [0.717, 1.165) is 60.9 Å². The maximum Gasteiger partial charge on any atom is 0.191 e. The lowest BCUT2D eigenvalue weighted by Crippen LogP contribution is -2.37. The summed E-state index contributed by atoms with van der Waals surface area (Å²) < 4.78 is 13.0. The smallest absolute Gasteiger partial charge is 0.191 e. The number of ether oxygens (including phenoxy) is 1. The van der Waals surface area contributed by atoms with Gasteiger partial charge >= 0.3 is 0 Å². The number of rotatable bonds is 7. The molecule has 0 saturated carbocycles. The highest BCUT2D eigenvalue weighted by Crippen LogP contribution is 2.25. The first-order chi connectivity index (χ1) is 12.9. The number of aromatic nitrogens is 4. The lowest BCUT2D eigenvalue weighted by molar-refractivity contribution is 0.0410. The summed E-state index contributed by atoms with van der Waals surface area (Å²) in [6, 6.07) is 7.77. The maximum atomic E-state index is 5.53. The molecule has 0 spiro atoms. The molecule has 0 bridgehead atoms. The zero-order valence-corrected chi connectivity index (χ0v) is 15.3. The van der Waals surface area contributed by atoms with Crippen LogP contribution >= 0.6 is 11.8 Å². The number of hydrogen-bond donors (Lipinski definition) is 0. The Morgan fingerprint density at radius 1 is 1.08 bits per heavy atom. The van der Waals surface area contributed by atoms with Crippen molar-refractivity contribution in [2.24, 2.45) is 0 Å². The Morgan fingerprint density at radius 3 is 2.69 bits per heavy atom. The fraction of sp³-hybridized carbons (Fsp3) is 0.389. The van der Waals surface area contributed by atoms with Crippen LogP contribution in [-0.2, 0) is 11.3 Å². The summed E-state index contributed by atoms with van der Waals surface area (Å²) in [5, 5.41) is 9.75. The van der Waals surface area contributed by atoms with Crippen molar-refractivity contribution in [2.45, 2.75) is 11.7 Å². The van der Waals surface area contributed by atoms with Crippen molar-refractivity contribution in [1.29, 1.82) is 0 Å². The molecule has 0 aliphatic carbocycles. The van der Waals surface area contributed by atoms with Gasteiger partial charge in [-0.3, -0.25) is 14.5 Å². The predicted molar refractivity (Wildman–Crippen MR) is 99.0 cm³/mol. The lowest BCUT2D eigenvalue weighted by atomic mass is 10.2. The van der Waals surface area contributed by atoms with E-state index < -0.39 is 0 Å². The maximum absolute atomic E-state index is 5.53. The summed E-state index contributed by atoms with van der Waals surface area (Å²) in [5.74, 6) is 2.68. The molecule has 4 heterocycles. The van der Waals surface area contributed by atoms with Gasteiger partial charge < -0.3 is 9.15 Å². The second-order valence-electron chi connectivity index (χ2n) is 6.01. The van der Waals surface area contributed by atoms with Gasteiger partial charge in [0.25, 0.3) is 0 Å². The standard InChI is InChI=1S/C18H21N5O2S/c1-2-16(25-10-1)14-23-17(15-3-5-19-6-4-15)20-21-18(23)26-13-9-22-7-11-24-12-8-22/h1-6,10H,7-9,11-14H2. The van der Waals surface area contributed by atoms with Gasteiger partial charge in [0, 0.05) is 43.3 Å². The van der Waals surface area contributed by atoms with Gasteiger partial charge in [-0.2, -0.15) is 0 Å². The fourth-order valence-electron chi connectivity index (χ4n) is 2.90. The average molecular weight is 371 g/mol. The first-order valence-electron chi connectivity index (χ1n) is 8.69. The van der Waals surface area contributed by atoms with Crippen molar-refractivity contribution in [3.63, 3.8) is 0 Å². The van der Waals surface area contributed by atoms with E-state index in [1.807, 2.05) is 24.3 Å². The van der Waals surface area contributed by atoms with Crippen molar-refractivity contribution >= 4 is 11.8 Å². The molecule has 26 heavy (non-hydrogen) atoms. The Kier molecular flexibility index (Phi) is 5.63. The molecular weight excluding hydrogens is 350 g/mol. The first-order valence-corrected chi connectivity index (χ1v) is 9.67. The Labute approximate surface area is 156 Å². The van der Waals surface area contributed by atoms with Crippen LogP contribution in [0.25, 0.3) is 11.4 Å². The lowest BCUT2D eigenvalue weighted by Gasteiger charge is -2.26. The monoisotopic (exact) mass is 371 g/mol. The van der Waals surface area contributed by atoms with Crippen LogP contribution in [0.2, 0.25) is 0 Å². The molecule has 1 fully saturated rings. The van der Waals surface area contributed by atoms with Gasteiger partial charge in [0.2, 0.25) is 0 Å². The van der Waals surface area contributed by atoms with E-state index in [-0.39, 0.29) is 0 Å². The third-order valence-corrected chi connectivity index (χ3v) is 5.24. The van der Waals surface area contributed by atoms with E-state index in [9.17, 15) is 0 Å². The molecule has 1 aliphatic heterocycles. The summed E-state index contributed by atoms with van der Waals surface area (Å²) in [7, 11) is 0. The molecule has 136 valence electrons. The Morgan fingerprint density at radius 2 is 1.92 bits per heavy atom. The zero-order chi connectivity index (χ0) is 17.6. The largest absolute Gasteiger partial charge is 0.467 e. The molecule has 0 unspecified atom stereocenters. The quantitative estimate of drug-likeness (QED) is 0.591. The van der Waals surface area contributed by atoms with Crippen LogP contribution in [0.5, 0.6) is 0 Å². The fourth-order valence-corrected chi connectivity index (χ4v) is 3.84. The number of furan rings is 1. The minimum absolute atomic E-state index is 0.609. The van der Waals surface area contributed by atoms with Crippen molar-refractivity contribution in [1.82, 2.24) is 24.6 Å². The van der Waals surface area contributed by atoms with Crippen LogP contribution in [0.4, 0.5) is 0 Å². The first kappa shape index (κ1) is 17.3. The highest BCUT2D eigenvalue weighted by Gasteiger charge is 2.17. The minimum Gasteiger partial charge on any atom is -0.467 e. The van der Waals surface area contributed by atoms with Crippen molar-refractivity contribution in [3.8, 4) is 11.4 Å². The molecule has 8 heteroatoms. The van der Waals surface area contributed by atoms with E-state index in [4.69, 9.17) is 9.15 Å². The van der Waals surface area contributed by atoms with Crippen LogP contribution in [-0.4, -0.2) is 63.2 Å². The topological polar surface area (TPSA) is 69.2 Å². The minimum atomic E-state index is 0.609.